The molecule has 1 rings (SSSR count). The van der Waals surface area contributed by atoms with Gasteiger partial charge < -0.3 is 4.90 Å². The van der Waals surface area contributed by atoms with E-state index in [4.69, 9.17) is 0 Å². The molecule has 0 aliphatic carbocycles. The van der Waals surface area contributed by atoms with Gasteiger partial charge in [0, 0.05) is 20.1 Å². The van der Waals surface area contributed by atoms with E-state index in [9.17, 15) is 4.79 Å². The summed E-state index contributed by atoms with van der Waals surface area (Å²) in [7, 11) is 3.63. The maximum Gasteiger partial charge on any atom is 0.239 e. The average molecular weight is 290 g/mol. The average Bonchev–Trinajstić information content (AvgIpc) is 2.39. The molecular weight excluding hydrogens is 260 g/mol. The Morgan fingerprint density at radius 1 is 1.14 bits per heavy atom. The van der Waals surface area contributed by atoms with E-state index in [1.54, 1.807) is 4.90 Å². The zero-order valence-corrected chi connectivity index (χ0v) is 14.5. The Bertz CT molecular complexity index is 480. The number of carbonyl (C=O) groups excluding carboxylic acids is 1. The van der Waals surface area contributed by atoms with Gasteiger partial charge >= 0.3 is 0 Å². The maximum absolute atomic E-state index is 12.3. The summed E-state index contributed by atoms with van der Waals surface area (Å²) in [6, 6.07) is 6.54. The normalized spacial score (nSPS) is 14.1. The van der Waals surface area contributed by atoms with Crippen LogP contribution in [0.25, 0.3) is 0 Å². The summed E-state index contributed by atoms with van der Waals surface area (Å²) in [4.78, 5) is 14.0. The van der Waals surface area contributed by atoms with Crippen LogP contribution in [-0.2, 0) is 4.79 Å². The number of aryl methyl sites for hydroxylation is 2. The molecular formula is C18H30N2O. The van der Waals surface area contributed by atoms with Gasteiger partial charge in [0.05, 0.1) is 6.04 Å². The van der Waals surface area contributed by atoms with Crippen molar-refractivity contribution in [3.63, 3.8) is 0 Å². The van der Waals surface area contributed by atoms with E-state index >= 15 is 0 Å². The van der Waals surface area contributed by atoms with Crippen molar-refractivity contribution in [3.05, 3.63) is 34.9 Å². The van der Waals surface area contributed by atoms with E-state index < -0.39 is 0 Å². The van der Waals surface area contributed by atoms with Gasteiger partial charge in [-0.05, 0) is 49.8 Å². The first-order chi connectivity index (χ1) is 9.72. The van der Waals surface area contributed by atoms with Gasteiger partial charge in [-0.25, -0.2) is 0 Å². The van der Waals surface area contributed by atoms with Crippen molar-refractivity contribution >= 4 is 5.91 Å². The Kier molecular flexibility index (Phi) is 6.41. The maximum atomic E-state index is 12.3. The third-order valence-corrected chi connectivity index (χ3v) is 3.93. The predicted octanol–water partition coefficient (Wildman–Crippen LogP) is 3.46. The molecule has 118 valence electrons. The lowest BCUT2D eigenvalue weighted by Gasteiger charge is -2.27. The lowest BCUT2D eigenvalue weighted by Crippen LogP contribution is -2.45. The first-order valence-electron chi connectivity index (χ1n) is 7.76. The summed E-state index contributed by atoms with van der Waals surface area (Å²) in [5.74, 6) is 0.637. The highest BCUT2D eigenvalue weighted by molar-refractivity contribution is 5.81. The molecule has 0 radical (unpaired) electrons. The third kappa shape index (κ3) is 5.16. The minimum absolute atomic E-state index is 0.128. The number of nitrogens with zero attached hydrogens (tertiary/aromatic N) is 1. The van der Waals surface area contributed by atoms with Crippen LogP contribution < -0.4 is 5.32 Å². The van der Waals surface area contributed by atoms with Gasteiger partial charge in [0.2, 0.25) is 5.91 Å². The molecule has 0 aliphatic heterocycles. The molecule has 1 N–H and O–H groups in total. The molecule has 2 atom stereocenters. The fraction of sp³-hybridized carbons (Fsp3) is 0.611. The topological polar surface area (TPSA) is 32.3 Å². The number of nitrogens with one attached hydrogen (secondary N) is 1. The zero-order valence-electron chi connectivity index (χ0n) is 14.5. The number of hydrogen-bond donors (Lipinski definition) is 1. The first kappa shape index (κ1) is 17.7. The molecule has 0 aliphatic rings. The van der Waals surface area contributed by atoms with Crippen LogP contribution in [0.3, 0.4) is 0 Å². The fourth-order valence-corrected chi connectivity index (χ4v) is 2.46. The second kappa shape index (κ2) is 7.60. The Morgan fingerprint density at radius 3 is 2.24 bits per heavy atom. The summed E-state index contributed by atoms with van der Waals surface area (Å²) in [5.41, 5.74) is 3.83. The van der Waals surface area contributed by atoms with E-state index in [1.165, 1.54) is 16.7 Å². The lowest BCUT2D eigenvalue weighted by molar-refractivity contribution is -0.131. The van der Waals surface area contributed by atoms with Crippen molar-refractivity contribution in [2.75, 3.05) is 14.1 Å². The smallest absolute Gasteiger partial charge is 0.239 e. The Labute approximate surface area is 129 Å². The van der Waals surface area contributed by atoms with Gasteiger partial charge in [0.1, 0.15) is 0 Å². The molecule has 1 aromatic carbocycles. The van der Waals surface area contributed by atoms with E-state index in [1.807, 2.05) is 14.1 Å². The SMILES string of the molecule is Cc1ccc(C(C)NC(CC(C)C)C(=O)N(C)C)cc1C. The molecule has 0 spiro atoms. The summed E-state index contributed by atoms with van der Waals surface area (Å²) < 4.78 is 0. The molecule has 3 nitrogen and oxygen atoms in total. The van der Waals surface area contributed by atoms with Gasteiger partial charge in [-0.15, -0.1) is 0 Å². The zero-order chi connectivity index (χ0) is 16.2. The number of benzene rings is 1. The van der Waals surface area contributed by atoms with Crippen molar-refractivity contribution in [1.29, 1.82) is 0 Å². The molecule has 0 aromatic heterocycles. The van der Waals surface area contributed by atoms with Crippen LogP contribution in [0, 0.1) is 19.8 Å². The standard InChI is InChI=1S/C18H30N2O/c1-12(2)10-17(18(21)20(6)7)19-15(5)16-9-8-13(3)14(4)11-16/h8-9,11-12,15,17,19H,10H2,1-7H3. The van der Waals surface area contributed by atoms with Gasteiger partial charge in [-0.1, -0.05) is 32.0 Å². The minimum Gasteiger partial charge on any atom is -0.347 e. The Hall–Kier alpha value is -1.35. The van der Waals surface area contributed by atoms with Crippen LogP contribution in [0.15, 0.2) is 18.2 Å². The number of rotatable bonds is 6. The second-order valence-corrected chi connectivity index (χ2v) is 6.65. The monoisotopic (exact) mass is 290 g/mol. The molecule has 0 heterocycles. The van der Waals surface area contributed by atoms with E-state index in [0.717, 1.165) is 6.42 Å². The molecule has 1 amide bonds. The van der Waals surface area contributed by atoms with Crippen LogP contribution >= 0.6 is 0 Å². The number of amides is 1. The van der Waals surface area contributed by atoms with Crippen LogP contribution in [0.2, 0.25) is 0 Å². The van der Waals surface area contributed by atoms with Crippen LogP contribution in [0.4, 0.5) is 0 Å². The summed E-state index contributed by atoms with van der Waals surface area (Å²) >= 11 is 0. The number of carbonyl (C=O) groups is 1. The molecule has 1 aromatic rings. The highest BCUT2D eigenvalue weighted by atomic mass is 16.2. The van der Waals surface area contributed by atoms with E-state index in [0.29, 0.717) is 5.92 Å². The Balaban J connectivity index is 2.86. The molecule has 21 heavy (non-hydrogen) atoms. The lowest BCUT2D eigenvalue weighted by atomic mass is 9.98. The second-order valence-electron chi connectivity index (χ2n) is 6.65. The van der Waals surface area contributed by atoms with E-state index in [-0.39, 0.29) is 18.0 Å². The number of hydrogen-bond acceptors (Lipinski definition) is 2. The molecule has 2 unspecified atom stereocenters. The van der Waals surface area contributed by atoms with E-state index in [2.05, 4.69) is 58.1 Å². The quantitative estimate of drug-likeness (QED) is 0.870. The van der Waals surface area contributed by atoms with Gasteiger partial charge in [-0.3, -0.25) is 10.1 Å². The van der Waals surface area contributed by atoms with Crippen molar-refractivity contribution in [2.45, 2.75) is 53.1 Å². The van der Waals surface area contributed by atoms with Crippen LogP contribution in [-0.4, -0.2) is 30.9 Å². The molecule has 3 heteroatoms. The fourth-order valence-electron chi connectivity index (χ4n) is 2.46. The molecule has 0 saturated heterocycles. The van der Waals surface area contributed by atoms with Crippen molar-refractivity contribution in [3.8, 4) is 0 Å². The molecule has 0 bridgehead atoms. The van der Waals surface area contributed by atoms with Crippen molar-refractivity contribution in [2.24, 2.45) is 5.92 Å². The molecule has 0 fully saturated rings. The van der Waals surface area contributed by atoms with Crippen molar-refractivity contribution < 1.29 is 4.79 Å². The largest absolute Gasteiger partial charge is 0.347 e. The van der Waals surface area contributed by atoms with Gasteiger partial charge in [0.25, 0.3) is 0 Å². The van der Waals surface area contributed by atoms with Gasteiger partial charge in [-0.2, -0.15) is 0 Å². The number of likely N-dealkylation sites (N-methyl/N-ethyl adjacent to an activating group) is 1. The first-order valence-corrected chi connectivity index (χ1v) is 7.76. The van der Waals surface area contributed by atoms with Crippen LogP contribution in [0.5, 0.6) is 0 Å². The minimum atomic E-state index is -0.128. The summed E-state index contributed by atoms with van der Waals surface area (Å²) in [6.07, 6.45) is 0.853. The highest BCUT2D eigenvalue weighted by Gasteiger charge is 2.23. The van der Waals surface area contributed by atoms with Crippen LogP contribution in [0.1, 0.15) is 49.9 Å². The third-order valence-electron chi connectivity index (χ3n) is 3.93. The molecule has 0 saturated carbocycles. The van der Waals surface area contributed by atoms with Gasteiger partial charge in [0.15, 0.2) is 0 Å². The Morgan fingerprint density at radius 2 is 1.76 bits per heavy atom. The predicted molar refractivity (Wildman–Crippen MR) is 89.4 cm³/mol. The highest BCUT2D eigenvalue weighted by Crippen LogP contribution is 2.19. The summed E-state index contributed by atoms with van der Waals surface area (Å²) in [5, 5.41) is 3.50. The van der Waals surface area contributed by atoms with Crippen molar-refractivity contribution in [1.82, 2.24) is 10.2 Å². The summed E-state index contributed by atoms with van der Waals surface area (Å²) in [6.45, 7) is 10.7.